The summed E-state index contributed by atoms with van der Waals surface area (Å²) in [6.45, 7) is 1.62. The van der Waals surface area contributed by atoms with Crippen molar-refractivity contribution in [1.82, 2.24) is 5.32 Å². The molecule has 22 heavy (non-hydrogen) atoms. The molecule has 0 aromatic carbocycles. The van der Waals surface area contributed by atoms with Crippen LogP contribution in [0, 0.1) is 5.92 Å². The van der Waals surface area contributed by atoms with Crippen LogP contribution in [0.25, 0.3) is 0 Å². The molecule has 0 spiro atoms. The van der Waals surface area contributed by atoms with Crippen LogP contribution in [0.2, 0.25) is 0 Å². The summed E-state index contributed by atoms with van der Waals surface area (Å²) in [6.07, 6.45) is -3.74. The van der Waals surface area contributed by atoms with Crippen LogP contribution in [-0.2, 0) is 9.47 Å². The molecular formula is C14H23NO7. The third kappa shape index (κ3) is 2.59. The van der Waals surface area contributed by atoms with E-state index in [0.29, 0.717) is 5.57 Å². The summed E-state index contributed by atoms with van der Waals surface area (Å²) in [5.74, 6) is -0.469. The SMILES string of the molecule is CC1[C@@H](O)C(N[C@H]2C(O)[C@@H](O)[C@@H]3OC[C@H]2O3)C=C(CO)[C@H]1O. The second kappa shape index (κ2) is 6.14. The quantitative estimate of drug-likeness (QED) is 0.305. The predicted octanol–water partition coefficient (Wildman–Crippen LogP) is -2.92. The highest BCUT2D eigenvalue weighted by molar-refractivity contribution is 5.21. The van der Waals surface area contributed by atoms with Gasteiger partial charge in [-0.15, -0.1) is 0 Å². The Morgan fingerprint density at radius 1 is 1.18 bits per heavy atom. The zero-order valence-corrected chi connectivity index (χ0v) is 12.2. The summed E-state index contributed by atoms with van der Waals surface area (Å²) >= 11 is 0. The van der Waals surface area contributed by atoms with E-state index in [1.165, 1.54) is 0 Å². The Labute approximate surface area is 128 Å². The van der Waals surface area contributed by atoms with E-state index < -0.39 is 54.8 Å². The highest BCUT2D eigenvalue weighted by Gasteiger charge is 2.50. The lowest BCUT2D eigenvalue weighted by atomic mass is 9.81. The number of rotatable bonds is 3. The number of ether oxygens (including phenoxy) is 2. The number of hydrogen-bond donors (Lipinski definition) is 6. The second-order valence-electron chi connectivity index (χ2n) is 6.27. The van der Waals surface area contributed by atoms with Crippen molar-refractivity contribution in [2.45, 2.75) is 55.8 Å². The van der Waals surface area contributed by atoms with Crippen molar-refractivity contribution in [2.75, 3.05) is 13.2 Å². The van der Waals surface area contributed by atoms with E-state index in [4.69, 9.17) is 9.47 Å². The molecule has 0 radical (unpaired) electrons. The van der Waals surface area contributed by atoms with Gasteiger partial charge in [0.2, 0.25) is 0 Å². The molecule has 2 aliphatic heterocycles. The van der Waals surface area contributed by atoms with Gasteiger partial charge in [-0.2, -0.15) is 0 Å². The standard InChI is InChI=1S/C14H23NO7/c1-5-10(17)6(3-16)2-7(11(5)18)15-9-8-4-21-14(22-8)13(20)12(9)19/h2,5,7-20H,3-4H2,1H3/t5?,7?,8-,9-,10+,11-,12?,13-,14-/m1/s1. The summed E-state index contributed by atoms with van der Waals surface area (Å²) < 4.78 is 10.7. The van der Waals surface area contributed by atoms with E-state index in [1.54, 1.807) is 13.0 Å². The molecule has 8 nitrogen and oxygen atoms in total. The van der Waals surface area contributed by atoms with Crippen LogP contribution in [0.4, 0.5) is 0 Å². The Morgan fingerprint density at radius 2 is 1.91 bits per heavy atom. The molecule has 2 heterocycles. The molecule has 0 amide bonds. The van der Waals surface area contributed by atoms with Crippen molar-refractivity contribution in [3.05, 3.63) is 11.6 Å². The summed E-state index contributed by atoms with van der Waals surface area (Å²) in [7, 11) is 0. The average Bonchev–Trinajstić information content (AvgIpc) is 2.96. The normalized spacial score (nSPS) is 51.7. The van der Waals surface area contributed by atoms with Gasteiger partial charge in [-0.3, -0.25) is 0 Å². The van der Waals surface area contributed by atoms with E-state index in [1.807, 2.05) is 0 Å². The molecule has 3 rings (SSSR count). The van der Waals surface area contributed by atoms with Crippen molar-refractivity contribution in [3.8, 4) is 0 Å². The molecule has 6 N–H and O–H groups in total. The Kier molecular flexibility index (Phi) is 4.54. The number of aliphatic hydroxyl groups excluding tert-OH is 5. The highest BCUT2D eigenvalue weighted by atomic mass is 16.7. The molecule has 8 heteroatoms. The Balaban J connectivity index is 1.78. The Bertz CT molecular complexity index is 445. The first-order valence-corrected chi connectivity index (χ1v) is 7.51. The minimum Gasteiger partial charge on any atom is -0.392 e. The van der Waals surface area contributed by atoms with E-state index in [-0.39, 0.29) is 13.2 Å². The van der Waals surface area contributed by atoms with Crippen molar-refractivity contribution in [2.24, 2.45) is 5.92 Å². The largest absolute Gasteiger partial charge is 0.392 e. The van der Waals surface area contributed by atoms with E-state index in [9.17, 15) is 25.5 Å². The van der Waals surface area contributed by atoms with E-state index in [2.05, 4.69) is 5.32 Å². The molecule has 0 aromatic heterocycles. The molecular weight excluding hydrogens is 294 g/mol. The van der Waals surface area contributed by atoms with Crippen molar-refractivity contribution in [1.29, 1.82) is 0 Å². The molecule has 3 unspecified atom stereocenters. The zero-order valence-electron chi connectivity index (χ0n) is 12.2. The molecule has 0 aromatic rings. The predicted molar refractivity (Wildman–Crippen MR) is 73.7 cm³/mol. The van der Waals surface area contributed by atoms with Gasteiger partial charge in [-0.05, 0) is 5.57 Å². The maximum Gasteiger partial charge on any atom is 0.186 e. The van der Waals surface area contributed by atoms with Gasteiger partial charge < -0.3 is 40.3 Å². The molecule has 2 saturated heterocycles. The first-order valence-electron chi connectivity index (χ1n) is 7.51. The van der Waals surface area contributed by atoms with Crippen LogP contribution in [0.1, 0.15) is 6.92 Å². The van der Waals surface area contributed by atoms with Crippen molar-refractivity contribution >= 4 is 0 Å². The van der Waals surface area contributed by atoms with E-state index in [0.717, 1.165) is 0 Å². The van der Waals surface area contributed by atoms with Gasteiger partial charge in [-0.25, -0.2) is 0 Å². The highest BCUT2D eigenvalue weighted by Crippen LogP contribution is 2.30. The number of fused-ring (bicyclic) bond motifs is 2. The molecule has 0 saturated carbocycles. The van der Waals surface area contributed by atoms with Crippen molar-refractivity contribution in [3.63, 3.8) is 0 Å². The maximum atomic E-state index is 10.3. The fourth-order valence-electron chi connectivity index (χ4n) is 3.40. The van der Waals surface area contributed by atoms with Gasteiger partial charge in [0.1, 0.15) is 18.3 Å². The van der Waals surface area contributed by atoms with Gasteiger partial charge >= 0.3 is 0 Å². The Morgan fingerprint density at radius 3 is 2.59 bits per heavy atom. The van der Waals surface area contributed by atoms with Crippen molar-refractivity contribution < 1.29 is 35.0 Å². The lowest BCUT2D eigenvalue weighted by Gasteiger charge is -2.41. The fourth-order valence-corrected chi connectivity index (χ4v) is 3.40. The third-order valence-electron chi connectivity index (χ3n) is 4.88. The fraction of sp³-hybridized carbons (Fsp3) is 0.857. The lowest BCUT2D eigenvalue weighted by Crippen LogP contribution is -2.64. The molecule has 9 atom stereocenters. The molecule has 126 valence electrons. The Hall–Kier alpha value is -0.580. The molecule has 2 bridgehead atoms. The first kappa shape index (κ1) is 16.3. The van der Waals surface area contributed by atoms with Gasteiger partial charge in [-0.1, -0.05) is 13.0 Å². The molecule has 2 fully saturated rings. The van der Waals surface area contributed by atoms with Crippen LogP contribution in [-0.4, -0.2) is 87.6 Å². The molecule has 3 aliphatic rings. The summed E-state index contributed by atoms with van der Waals surface area (Å²) in [4.78, 5) is 0. The molecule has 1 aliphatic carbocycles. The third-order valence-corrected chi connectivity index (χ3v) is 4.88. The van der Waals surface area contributed by atoms with Gasteiger partial charge in [0.25, 0.3) is 0 Å². The van der Waals surface area contributed by atoms with Gasteiger partial charge in [0, 0.05) is 5.92 Å². The minimum absolute atomic E-state index is 0.244. The lowest BCUT2D eigenvalue weighted by molar-refractivity contribution is -0.204. The average molecular weight is 317 g/mol. The summed E-state index contributed by atoms with van der Waals surface area (Å²) in [5, 5.41) is 52.8. The summed E-state index contributed by atoms with van der Waals surface area (Å²) in [5.41, 5.74) is 0.419. The van der Waals surface area contributed by atoms with Crippen LogP contribution in [0.15, 0.2) is 11.6 Å². The van der Waals surface area contributed by atoms with Gasteiger partial charge in [0.05, 0.1) is 37.5 Å². The summed E-state index contributed by atoms with van der Waals surface area (Å²) in [6, 6.07) is -1.19. The van der Waals surface area contributed by atoms with Crippen LogP contribution < -0.4 is 5.32 Å². The van der Waals surface area contributed by atoms with Crippen LogP contribution in [0.3, 0.4) is 0 Å². The maximum absolute atomic E-state index is 10.3. The van der Waals surface area contributed by atoms with Crippen LogP contribution in [0.5, 0.6) is 0 Å². The topological polar surface area (TPSA) is 132 Å². The number of nitrogens with one attached hydrogen (secondary N) is 1. The van der Waals surface area contributed by atoms with E-state index >= 15 is 0 Å². The van der Waals surface area contributed by atoms with Gasteiger partial charge in [0.15, 0.2) is 6.29 Å². The smallest absolute Gasteiger partial charge is 0.186 e. The monoisotopic (exact) mass is 317 g/mol. The number of aliphatic hydroxyl groups is 5. The number of hydrogen-bond acceptors (Lipinski definition) is 8. The first-order chi connectivity index (χ1) is 10.4. The minimum atomic E-state index is -1.17. The second-order valence-corrected chi connectivity index (χ2v) is 6.27. The zero-order chi connectivity index (χ0) is 16.0. The van der Waals surface area contributed by atoms with Crippen LogP contribution >= 0.6 is 0 Å².